The van der Waals surface area contributed by atoms with Gasteiger partial charge in [0, 0.05) is 19.3 Å². The second kappa shape index (κ2) is 5.40. The van der Waals surface area contributed by atoms with Crippen LogP contribution in [-0.2, 0) is 7.05 Å². The average Bonchev–Trinajstić information content (AvgIpc) is 2.80. The number of aromatic nitrogens is 2. The highest BCUT2D eigenvalue weighted by Gasteiger charge is 2.10. The van der Waals surface area contributed by atoms with E-state index in [1.807, 2.05) is 36.7 Å². The highest BCUT2D eigenvalue weighted by atomic mass is 16.6. The predicted molar refractivity (Wildman–Crippen MR) is 85.8 cm³/mol. The minimum absolute atomic E-state index is 0.0426. The van der Waals surface area contributed by atoms with Gasteiger partial charge in [-0.3, -0.25) is 15.1 Å². The van der Waals surface area contributed by atoms with Gasteiger partial charge in [0.05, 0.1) is 27.2 Å². The van der Waals surface area contributed by atoms with Crippen molar-refractivity contribution in [3.8, 4) is 0 Å². The first-order valence-corrected chi connectivity index (χ1v) is 6.77. The van der Waals surface area contributed by atoms with E-state index in [1.165, 1.54) is 12.3 Å². The van der Waals surface area contributed by atoms with E-state index in [0.29, 0.717) is 11.3 Å². The fourth-order valence-electron chi connectivity index (χ4n) is 2.30. The SMILES string of the molecule is Cc1nc2cc(N=Cc3ccccc3[N+](=O)[O-])ccc2n1C. The second-order valence-corrected chi connectivity index (χ2v) is 4.97. The van der Waals surface area contributed by atoms with E-state index < -0.39 is 4.92 Å². The molecule has 0 radical (unpaired) electrons. The average molecular weight is 294 g/mol. The van der Waals surface area contributed by atoms with E-state index in [4.69, 9.17) is 0 Å². The molecule has 3 rings (SSSR count). The van der Waals surface area contributed by atoms with Gasteiger partial charge in [-0.2, -0.15) is 0 Å². The van der Waals surface area contributed by atoms with Crippen LogP contribution in [0.15, 0.2) is 47.5 Å². The molecule has 0 bridgehead atoms. The van der Waals surface area contributed by atoms with Crippen LogP contribution in [0.5, 0.6) is 0 Å². The van der Waals surface area contributed by atoms with Crippen LogP contribution in [0, 0.1) is 17.0 Å². The van der Waals surface area contributed by atoms with Gasteiger partial charge in [0.15, 0.2) is 0 Å². The maximum Gasteiger partial charge on any atom is 0.278 e. The van der Waals surface area contributed by atoms with E-state index in [1.54, 1.807) is 18.2 Å². The molecule has 0 unspecified atom stereocenters. The Kier molecular flexibility index (Phi) is 3.42. The van der Waals surface area contributed by atoms with Crippen molar-refractivity contribution in [3.05, 3.63) is 64.0 Å². The Morgan fingerprint density at radius 2 is 2.05 bits per heavy atom. The van der Waals surface area contributed by atoms with Gasteiger partial charge in [-0.05, 0) is 31.2 Å². The largest absolute Gasteiger partial charge is 0.331 e. The molecule has 2 aromatic carbocycles. The van der Waals surface area contributed by atoms with Crippen LogP contribution in [0.2, 0.25) is 0 Å². The van der Waals surface area contributed by atoms with E-state index in [-0.39, 0.29) is 5.69 Å². The van der Waals surface area contributed by atoms with Gasteiger partial charge in [-0.15, -0.1) is 0 Å². The number of hydrogen-bond donors (Lipinski definition) is 0. The summed E-state index contributed by atoms with van der Waals surface area (Å²) in [5.41, 5.74) is 3.12. The van der Waals surface area contributed by atoms with Crippen LogP contribution in [0.1, 0.15) is 11.4 Å². The van der Waals surface area contributed by atoms with Crippen molar-refractivity contribution in [2.24, 2.45) is 12.0 Å². The van der Waals surface area contributed by atoms with E-state index in [0.717, 1.165) is 16.9 Å². The summed E-state index contributed by atoms with van der Waals surface area (Å²) in [4.78, 5) is 19.4. The maximum absolute atomic E-state index is 11.0. The molecule has 6 nitrogen and oxygen atoms in total. The first-order chi connectivity index (χ1) is 10.6. The Hall–Kier alpha value is -3.02. The molecule has 1 heterocycles. The van der Waals surface area contributed by atoms with Gasteiger partial charge < -0.3 is 4.57 Å². The van der Waals surface area contributed by atoms with Crippen molar-refractivity contribution in [3.63, 3.8) is 0 Å². The zero-order valence-electron chi connectivity index (χ0n) is 12.2. The van der Waals surface area contributed by atoms with Crippen LogP contribution >= 0.6 is 0 Å². The third-order valence-corrected chi connectivity index (χ3v) is 3.57. The normalized spacial score (nSPS) is 11.4. The number of nitro benzene ring substituents is 1. The molecule has 0 fully saturated rings. The number of aryl methyl sites for hydroxylation is 2. The summed E-state index contributed by atoms with van der Waals surface area (Å²) in [5, 5.41) is 11.0. The molecule has 0 spiro atoms. The number of aliphatic imine (C=N–C) groups is 1. The summed E-state index contributed by atoms with van der Waals surface area (Å²) in [5.74, 6) is 0.926. The molecule has 3 aromatic rings. The maximum atomic E-state index is 11.0. The summed E-state index contributed by atoms with van der Waals surface area (Å²) in [6.07, 6.45) is 1.51. The third kappa shape index (κ3) is 2.46. The molecule has 0 saturated carbocycles. The molecular formula is C16H14N4O2. The Balaban J connectivity index is 1.98. The van der Waals surface area contributed by atoms with Crippen molar-refractivity contribution < 1.29 is 4.92 Å². The number of fused-ring (bicyclic) bond motifs is 1. The molecule has 0 amide bonds. The molecule has 0 N–H and O–H groups in total. The Bertz CT molecular complexity index is 896. The number of benzene rings is 2. The topological polar surface area (TPSA) is 73.3 Å². The lowest BCUT2D eigenvalue weighted by Crippen LogP contribution is -1.93. The predicted octanol–water partition coefficient (Wildman–Crippen LogP) is 3.54. The monoisotopic (exact) mass is 294 g/mol. The van der Waals surface area contributed by atoms with Crippen molar-refractivity contribution in [1.29, 1.82) is 0 Å². The minimum atomic E-state index is -0.410. The lowest BCUT2D eigenvalue weighted by Gasteiger charge is -1.98. The van der Waals surface area contributed by atoms with Gasteiger partial charge >= 0.3 is 0 Å². The van der Waals surface area contributed by atoms with Gasteiger partial charge in [0.1, 0.15) is 5.82 Å². The quantitative estimate of drug-likeness (QED) is 0.421. The van der Waals surface area contributed by atoms with Crippen molar-refractivity contribution in [2.75, 3.05) is 0 Å². The smallest absolute Gasteiger partial charge is 0.278 e. The van der Waals surface area contributed by atoms with E-state index >= 15 is 0 Å². The summed E-state index contributed by atoms with van der Waals surface area (Å²) in [7, 11) is 1.96. The molecule has 110 valence electrons. The molecule has 0 saturated heterocycles. The fourth-order valence-corrected chi connectivity index (χ4v) is 2.30. The van der Waals surface area contributed by atoms with Gasteiger partial charge in [0.2, 0.25) is 0 Å². The zero-order valence-corrected chi connectivity index (χ0v) is 12.2. The summed E-state index contributed by atoms with van der Waals surface area (Å²) < 4.78 is 2.00. The summed E-state index contributed by atoms with van der Waals surface area (Å²) in [6, 6.07) is 12.2. The number of imidazole rings is 1. The van der Waals surface area contributed by atoms with Crippen LogP contribution in [0.4, 0.5) is 11.4 Å². The Morgan fingerprint density at radius 1 is 1.27 bits per heavy atom. The van der Waals surface area contributed by atoms with Crippen molar-refractivity contribution >= 4 is 28.6 Å². The third-order valence-electron chi connectivity index (χ3n) is 3.57. The lowest BCUT2D eigenvalue weighted by molar-refractivity contribution is -0.385. The fraction of sp³-hybridized carbons (Fsp3) is 0.125. The molecule has 0 aliphatic heterocycles. The highest BCUT2D eigenvalue weighted by Crippen LogP contribution is 2.22. The summed E-state index contributed by atoms with van der Waals surface area (Å²) >= 11 is 0. The van der Waals surface area contributed by atoms with Crippen molar-refractivity contribution in [2.45, 2.75) is 6.92 Å². The van der Waals surface area contributed by atoms with E-state index in [2.05, 4.69) is 9.98 Å². The summed E-state index contributed by atoms with van der Waals surface area (Å²) in [6.45, 7) is 1.94. The van der Waals surface area contributed by atoms with Gasteiger partial charge in [-0.25, -0.2) is 4.98 Å². The zero-order chi connectivity index (χ0) is 15.7. The van der Waals surface area contributed by atoms with E-state index in [9.17, 15) is 10.1 Å². The number of nitrogens with zero attached hydrogens (tertiary/aromatic N) is 4. The van der Waals surface area contributed by atoms with Crippen LogP contribution < -0.4 is 0 Å². The second-order valence-electron chi connectivity index (χ2n) is 4.97. The first-order valence-electron chi connectivity index (χ1n) is 6.77. The Labute approximate surface area is 126 Å². The molecule has 22 heavy (non-hydrogen) atoms. The van der Waals surface area contributed by atoms with Crippen LogP contribution in [0.3, 0.4) is 0 Å². The van der Waals surface area contributed by atoms with Crippen LogP contribution in [0.25, 0.3) is 11.0 Å². The van der Waals surface area contributed by atoms with Gasteiger partial charge in [0.25, 0.3) is 5.69 Å². The minimum Gasteiger partial charge on any atom is -0.331 e. The molecule has 0 atom stereocenters. The number of nitro groups is 1. The van der Waals surface area contributed by atoms with Crippen LogP contribution in [-0.4, -0.2) is 20.7 Å². The molecule has 0 aliphatic rings. The number of para-hydroxylation sites is 1. The standard InChI is InChI=1S/C16H14N4O2/c1-11-18-14-9-13(7-8-16(14)19(11)2)17-10-12-5-3-4-6-15(12)20(21)22/h3-10H,1-2H3. The molecule has 1 aromatic heterocycles. The lowest BCUT2D eigenvalue weighted by atomic mass is 10.2. The molecule has 0 aliphatic carbocycles. The first kappa shape index (κ1) is 13.9. The highest BCUT2D eigenvalue weighted by molar-refractivity contribution is 5.88. The number of hydrogen-bond acceptors (Lipinski definition) is 4. The molecule has 6 heteroatoms. The number of rotatable bonds is 3. The van der Waals surface area contributed by atoms with Crippen molar-refractivity contribution in [1.82, 2.24) is 9.55 Å². The Morgan fingerprint density at radius 3 is 2.82 bits per heavy atom. The van der Waals surface area contributed by atoms with Gasteiger partial charge in [-0.1, -0.05) is 12.1 Å². The molecular weight excluding hydrogens is 280 g/mol.